The van der Waals surface area contributed by atoms with Crippen LogP contribution in [0, 0.1) is 0 Å². The van der Waals surface area contributed by atoms with Crippen LogP contribution in [0.2, 0.25) is 0 Å². The summed E-state index contributed by atoms with van der Waals surface area (Å²) in [6, 6.07) is 5.42. The quantitative estimate of drug-likeness (QED) is 0.892. The van der Waals surface area contributed by atoms with Gasteiger partial charge in [-0.1, -0.05) is 6.07 Å². The van der Waals surface area contributed by atoms with E-state index in [0.29, 0.717) is 17.9 Å². The Morgan fingerprint density at radius 3 is 2.68 bits per heavy atom. The van der Waals surface area contributed by atoms with Gasteiger partial charge in [0.2, 0.25) is 10.0 Å². The minimum atomic E-state index is -3.43. The topological polar surface area (TPSA) is 57.6 Å². The maximum atomic E-state index is 12.4. The molecule has 1 aromatic carbocycles. The van der Waals surface area contributed by atoms with E-state index in [4.69, 9.17) is 0 Å². The van der Waals surface area contributed by atoms with E-state index in [1.165, 1.54) is 9.87 Å². The maximum absolute atomic E-state index is 12.4. The Morgan fingerprint density at radius 2 is 2.00 bits per heavy atom. The van der Waals surface area contributed by atoms with Gasteiger partial charge >= 0.3 is 0 Å². The van der Waals surface area contributed by atoms with E-state index in [2.05, 4.69) is 0 Å². The minimum absolute atomic E-state index is 0.330. The lowest BCUT2D eigenvalue weighted by atomic mass is 10.1. The zero-order valence-electron chi connectivity index (χ0n) is 11.5. The third kappa shape index (κ3) is 3.16. The lowest BCUT2D eigenvalue weighted by Gasteiger charge is -2.18. The molecule has 1 aliphatic carbocycles. The lowest BCUT2D eigenvalue weighted by Crippen LogP contribution is -2.29. The molecule has 0 aliphatic heterocycles. The Kier molecular flexibility index (Phi) is 4.28. The summed E-state index contributed by atoms with van der Waals surface area (Å²) in [4.78, 5) is 0.362. The Hall–Kier alpha value is -0.910. The zero-order chi connectivity index (χ0) is 14.0. The van der Waals surface area contributed by atoms with Crippen molar-refractivity contribution in [1.29, 1.82) is 0 Å². The fourth-order valence-electron chi connectivity index (χ4n) is 2.38. The van der Waals surface area contributed by atoms with Crippen molar-refractivity contribution in [2.24, 2.45) is 0 Å². The molecule has 0 bridgehead atoms. The molecule has 0 fully saturated rings. The number of benzene rings is 1. The predicted octanol–water partition coefficient (Wildman–Crippen LogP) is 1.57. The average Bonchev–Trinajstić information content (AvgIpc) is 2.82. The van der Waals surface area contributed by atoms with Gasteiger partial charge in [-0.25, -0.2) is 12.7 Å². The Bertz CT molecular complexity index is 552. The molecule has 0 radical (unpaired) electrons. The van der Waals surface area contributed by atoms with E-state index in [9.17, 15) is 13.5 Å². The predicted molar refractivity (Wildman–Crippen MR) is 74.6 cm³/mol. The van der Waals surface area contributed by atoms with Gasteiger partial charge in [0.05, 0.1) is 11.0 Å². The van der Waals surface area contributed by atoms with Crippen molar-refractivity contribution in [2.75, 3.05) is 13.6 Å². The van der Waals surface area contributed by atoms with E-state index in [1.807, 2.05) is 6.07 Å². The first kappa shape index (κ1) is 14.5. The monoisotopic (exact) mass is 283 g/mol. The molecule has 0 saturated carbocycles. The normalized spacial score (nSPS) is 16.6. The van der Waals surface area contributed by atoms with Gasteiger partial charge in [0.1, 0.15) is 0 Å². The van der Waals surface area contributed by atoms with E-state index >= 15 is 0 Å². The molecule has 19 heavy (non-hydrogen) atoms. The summed E-state index contributed by atoms with van der Waals surface area (Å²) >= 11 is 0. The van der Waals surface area contributed by atoms with Gasteiger partial charge in [0, 0.05) is 13.6 Å². The lowest BCUT2D eigenvalue weighted by molar-refractivity contribution is 0.177. The molecule has 0 spiro atoms. The Labute approximate surface area is 115 Å². The van der Waals surface area contributed by atoms with E-state index < -0.39 is 16.1 Å². The number of aliphatic hydroxyl groups excluding tert-OH is 1. The fraction of sp³-hybridized carbons (Fsp3) is 0.571. The number of hydrogen-bond donors (Lipinski definition) is 1. The van der Waals surface area contributed by atoms with Crippen LogP contribution >= 0.6 is 0 Å². The number of rotatable bonds is 5. The summed E-state index contributed by atoms with van der Waals surface area (Å²) in [7, 11) is -1.87. The number of hydrogen-bond acceptors (Lipinski definition) is 3. The molecule has 1 atom stereocenters. The van der Waals surface area contributed by atoms with Crippen LogP contribution in [0.4, 0.5) is 0 Å². The second kappa shape index (κ2) is 5.61. The average molecular weight is 283 g/mol. The highest BCUT2D eigenvalue weighted by Gasteiger charge is 2.22. The molecule has 1 unspecified atom stereocenters. The zero-order valence-corrected chi connectivity index (χ0v) is 12.3. The number of sulfonamides is 1. The van der Waals surface area contributed by atoms with Gasteiger partial charge in [0.25, 0.3) is 0 Å². The molecule has 0 saturated heterocycles. The molecule has 1 N–H and O–H groups in total. The van der Waals surface area contributed by atoms with Crippen molar-refractivity contribution in [1.82, 2.24) is 4.31 Å². The van der Waals surface area contributed by atoms with Crippen LogP contribution in [0.15, 0.2) is 23.1 Å². The third-order valence-corrected chi connectivity index (χ3v) is 5.49. The van der Waals surface area contributed by atoms with Gasteiger partial charge in [-0.3, -0.25) is 0 Å². The molecule has 106 valence electrons. The van der Waals surface area contributed by atoms with Gasteiger partial charge < -0.3 is 5.11 Å². The molecule has 2 rings (SSSR count). The van der Waals surface area contributed by atoms with Crippen molar-refractivity contribution in [3.63, 3.8) is 0 Å². The van der Waals surface area contributed by atoms with E-state index in [-0.39, 0.29) is 0 Å². The fourth-order valence-corrected chi connectivity index (χ4v) is 3.61. The Morgan fingerprint density at radius 1 is 1.32 bits per heavy atom. The summed E-state index contributed by atoms with van der Waals surface area (Å²) in [6.45, 7) is 1.99. The first-order valence-electron chi connectivity index (χ1n) is 6.67. The smallest absolute Gasteiger partial charge is 0.242 e. The van der Waals surface area contributed by atoms with Crippen LogP contribution in [0.5, 0.6) is 0 Å². The summed E-state index contributed by atoms with van der Waals surface area (Å²) < 4.78 is 26.1. The van der Waals surface area contributed by atoms with Crippen LogP contribution in [0.1, 0.15) is 30.9 Å². The summed E-state index contributed by atoms with van der Waals surface area (Å²) in [6.07, 6.45) is 3.08. The first-order chi connectivity index (χ1) is 8.91. The van der Waals surface area contributed by atoms with E-state index in [1.54, 1.807) is 26.1 Å². The number of aliphatic hydroxyl groups is 1. The van der Waals surface area contributed by atoms with Crippen molar-refractivity contribution in [3.8, 4) is 0 Å². The van der Waals surface area contributed by atoms with Gasteiger partial charge in [0.15, 0.2) is 0 Å². The Balaban J connectivity index is 2.19. The van der Waals surface area contributed by atoms with Crippen molar-refractivity contribution < 1.29 is 13.5 Å². The molecule has 0 aromatic heterocycles. The van der Waals surface area contributed by atoms with Gasteiger partial charge in [-0.15, -0.1) is 0 Å². The van der Waals surface area contributed by atoms with E-state index in [0.717, 1.165) is 24.8 Å². The second-order valence-electron chi connectivity index (χ2n) is 5.25. The number of aryl methyl sites for hydroxylation is 2. The molecule has 1 aromatic rings. The number of fused-ring (bicyclic) bond motifs is 1. The molecule has 0 heterocycles. The molecular weight excluding hydrogens is 262 g/mol. The molecule has 1 aliphatic rings. The molecule has 4 nitrogen and oxygen atoms in total. The van der Waals surface area contributed by atoms with Crippen molar-refractivity contribution in [2.45, 2.75) is 43.6 Å². The minimum Gasteiger partial charge on any atom is -0.393 e. The largest absolute Gasteiger partial charge is 0.393 e. The molecule has 0 amide bonds. The third-order valence-electron chi connectivity index (χ3n) is 3.64. The summed E-state index contributed by atoms with van der Waals surface area (Å²) in [5.74, 6) is 0. The highest BCUT2D eigenvalue weighted by Crippen LogP contribution is 2.26. The van der Waals surface area contributed by atoms with Crippen molar-refractivity contribution >= 4 is 10.0 Å². The van der Waals surface area contributed by atoms with Crippen LogP contribution < -0.4 is 0 Å². The molecular formula is C14H21NO3S. The van der Waals surface area contributed by atoms with Crippen LogP contribution in [0.25, 0.3) is 0 Å². The highest BCUT2D eigenvalue weighted by molar-refractivity contribution is 7.89. The van der Waals surface area contributed by atoms with Crippen LogP contribution in [-0.4, -0.2) is 37.5 Å². The standard InChI is InChI=1S/C14H21NO3S/c1-11(16)8-9-15(2)19(17,18)14-7-6-12-4-3-5-13(12)10-14/h6-7,10-11,16H,3-5,8-9H2,1-2H3. The number of nitrogens with zero attached hydrogens (tertiary/aromatic N) is 1. The SMILES string of the molecule is CC(O)CCN(C)S(=O)(=O)c1ccc2c(c1)CCC2. The molecule has 5 heteroatoms. The van der Waals surface area contributed by atoms with Gasteiger partial charge in [-0.2, -0.15) is 0 Å². The summed E-state index contributed by atoms with van der Waals surface area (Å²) in [5, 5.41) is 9.24. The highest BCUT2D eigenvalue weighted by atomic mass is 32.2. The van der Waals surface area contributed by atoms with Gasteiger partial charge in [-0.05, 0) is 55.9 Å². The first-order valence-corrected chi connectivity index (χ1v) is 8.11. The summed E-state index contributed by atoms with van der Waals surface area (Å²) in [5.41, 5.74) is 2.43. The van der Waals surface area contributed by atoms with Crippen LogP contribution in [-0.2, 0) is 22.9 Å². The van der Waals surface area contributed by atoms with Crippen LogP contribution in [0.3, 0.4) is 0 Å². The van der Waals surface area contributed by atoms with Crippen molar-refractivity contribution in [3.05, 3.63) is 29.3 Å². The second-order valence-corrected chi connectivity index (χ2v) is 7.29. The maximum Gasteiger partial charge on any atom is 0.242 e.